The van der Waals surface area contributed by atoms with Gasteiger partial charge in [-0.25, -0.2) is 0 Å². The van der Waals surface area contributed by atoms with Crippen LogP contribution in [-0.4, -0.2) is 5.54 Å². The van der Waals surface area contributed by atoms with Crippen LogP contribution in [0.4, 0.5) is 0 Å². The van der Waals surface area contributed by atoms with Crippen LogP contribution in [0.3, 0.4) is 0 Å². The van der Waals surface area contributed by atoms with Crippen molar-refractivity contribution in [1.29, 1.82) is 0 Å². The van der Waals surface area contributed by atoms with Gasteiger partial charge in [-0.1, -0.05) is 60.7 Å². The van der Waals surface area contributed by atoms with Crippen molar-refractivity contribution >= 4 is 17.8 Å². The van der Waals surface area contributed by atoms with Crippen LogP contribution in [0.1, 0.15) is 13.8 Å². The Balaban J connectivity index is 2.23. The third-order valence-corrected chi connectivity index (χ3v) is 6.37. The second-order valence-electron chi connectivity index (χ2n) is 5.64. The number of hydrogen-bond acceptors (Lipinski definition) is 3. The fourth-order valence-corrected chi connectivity index (χ4v) is 5.08. The molecule has 0 spiro atoms. The van der Waals surface area contributed by atoms with Crippen molar-refractivity contribution in [1.82, 2.24) is 0 Å². The standard InChI is InChI=1S/C17H17N2OP/c1-17(2)13-16(18-19-17)21(20,14-9-5-3-6-10-14)15-11-7-4-8-12-15/h3-13H,1-2H3. The Morgan fingerprint density at radius 2 is 1.33 bits per heavy atom. The van der Waals surface area contributed by atoms with Crippen molar-refractivity contribution in [3.8, 4) is 0 Å². The Bertz CT molecular complexity index is 705. The Hall–Kier alpha value is -1.99. The summed E-state index contributed by atoms with van der Waals surface area (Å²) in [6.07, 6.45) is 1.91. The highest BCUT2D eigenvalue weighted by Gasteiger charge is 2.36. The van der Waals surface area contributed by atoms with E-state index in [1.54, 1.807) is 0 Å². The van der Waals surface area contributed by atoms with Gasteiger partial charge in [-0.3, -0.25) is 0 Å². The summed E-state index contributed by atoms with van der Waals surface area (Å²) < 4.78 is 13.9. The van der Waals surface area contributed by atoms with Crippen LogP contribution in [0, 0.1) is 0 Å². The highest BCUT2D eigenvalue weighted by molar-refractivity contribution is 7.82. The number of benzene rings is 2. The molecule has 0 radical (unpaired) electrons. The van der Waals surface area contributed by atoms with Crippen LogP contribution in [0.25, 0.3) is 0 Å². The summed E-state index contributed by atoms with van der Waals surface area (Å²) >= 11 is 0. The fourth-order valence-electron chi connectivity index (χ4n) is 2.40. The van der Waals surface area contributed by atoms with Gasteiger partial charge in [-0.2, -0.15) is 10.2 Å². The Kier molecular flexibility index (Phi) is 3.38. The van der Waals surface area contributed by atoms with Gasteiger partial charge in [0.05, 0.1) is 5.54 Å². The van der Waals surface area contributed by atoms with Crippen LogP contribution < -0.4 is 10.6 Å². The van der Waals surface area contributed by atoms with E-state index < -0.39 is 12.7 Å². The minimum Gasteiger partial charge on any atom is -0.307 e. The van der Waals surface area contributed by atoms with E-state index in [0.717, 1.165) is 10.6 Å². The summed E-state index contributed by atoms with van der Waals surface area (Å²) in [7, 11) is -2.95. The van der Waals surface area contributed by atoms with Crippen molar-refractivity contribution < 1.29 is 4.57 Å². The monoisotopic (exact) mass is 296 g/mol. The van der Waals surface area contributed by atoms with Crippen molar-refractivity contribution in [3.05, 3.63) is 72.2 Å². The quantitative estimate of drug-likeness (QED) is 0.787. The maximum Gasteiger partial charge on any atom is 0.190 e. The molecule has 4 heteroatoms. The second-order valence-corrected chi connectivity index (χ2v) is 8.35. The first-order chi connectivity index (χ1) is 10.0. The molecule has 0 aliphatic carbocycles. The van der Waals surface area contributed by atoms with Gasteiger partial charge in [0.2, 0.25) is 0 Å². The molecule has 0 N–H and O–H groups in total. The normalized spacial score (nSPS) is 16.8. The molecule has 2 aromatic carbocycles. The molecule has 3 rings (SSSR count). The van der Waals surface area contributed by atoms with Gasteiger partial charge < -0.3 is 4.57 Å². The van der Waals surface area contributed by atoms with Gasteiger partial charge in [-0.05, 0) is 19.9 Å². The predicted molar refractivity (Wildman–Crippen MR) is 86.8 cm³/mol. The third kappa shape index (κ3) is 2.50. The van der Waals surface area contributed by atoms with Crippen LogP contribution in [0.5, 0.6) is 0 Å². The van der Waals surface area contributed by atoms with Crippen LogP contribution in [0.2, 0.25) is 0 Å². The molecule has 0 atom stereocenters. The number of hydrogen-bond donors (Lipinski definition) is 0. The molecule has 106 valence electrons. The third-order valence-electron chi connectivity index (χ3n) is 3.45. The molecule has 0 saturated heterocycles. The first-order valence-corrected chi connectivity index (χ1v) is 8.61. The van der Waals surface area contributed by atoms with Gasteiger partial charge >= 0.3 is 0 Å². The van der Waals surface area contributed by atoms with E-state index in [1.807, 2.05) is 80.6 Å². The van der Waals surface area contributed by atoms with E-state index in [0.29, 0.717) is 5.44 Å². The van der Waals surface area contributed by atoms with Crippen molar-refractivity contribution in [3.63, 3.8) is 0 Å². The van der Waals surface area contributed by atoms with Crippen molar-refractivity contribution in [2.75, 3.05) is 0 Å². The van der Waals surface area contributed by atoms with Gasteiger partial charge in [0, 0.05) is 10.6 Å². The molecule has 21 heavy (non-hydrogen) atoms. The smallest absolute Gasteiger partial charge is 0.190 e. The summed E-state index contributed by atoms with van der Waals surface area (Å²) in [5.41, 5.74) is 0.180. The largest absolute Gasteiger partial charge is 0.307 e. The maximum atomic E-state index is 13.9. The van der Waals surface area contributed by atoms with Gasteiger partial charge in [0.25, 0.3) is 0 Å². The molecular formula is C17H17N2OP. The number of nitrogens with zero attached hydrogens (tertiary/aromatic N) is 2. The molecule has 1 aliphatic rings. The van der Waals surface area contributed by atoms with E-state index in [2.05, 4.69) is 10.2 Å². The summed E-state index contributed by atoms with van der Waals surface area (Å²) in [5.74, 6) is 0. The molecule has 1 aliphatic heterocycles. The molecule has 0 amide bonds. The van der Waals surface area contributed by atoms with Gasteiger partial charge in [0.1, 0.15) is 5.44 Å². The number of rotatable bonds is 3. The molecule has 0 aromatic heterocycles. The zero-order valence-corrected chi connectivity index (χ0v) is 13.0. The molecule has 0 unspecified atom stereocenters. The molecule has 0 bridgehead atoms. The molecular weight excluding hydrogens is 279 g/mol. The van der Waals surface area contributed by atoms with E-state index in [4.69, 9.17) is 0 Å². The topological polar surface area (TPSA) is 41.8 Å². The minimum atomic E-state index is -2.95. The highest BCUT2D eigenvalue weighted by Crippen LogP contribution is 2.54. The first-order valence-electron chi connectivity index (χ1n) is 6.90. The SMILES string of the molecule is CC1(C)C=C(P(=O)(c2ccccc2)c2ccccc2)N=N1. The second kappa shape index (κ2) is 5.09. The average molecular weight is 296 g/mol. The van der Waals surface area contributed by atoms with Crippen molar-refractivity contribution in [2.45, 2.75) is 19.4 Å². The lowest BCUT2D eigenvalue weighted by Gasteiger charge is -2.18. The number of azo groups is 1. The summed E-state index contributed by atoms with van der Waals surface area (Å²) in [4.78, 5) is 0. The first kappa shape index (κ1) is 14.0. The highest BCUT2D eigenvalue weighted by atomic mass is 31.2. The summed E-state index contributed by atoms with van der Waals surface area (Å²) in [5, 5.41) is 10.0. The lowest BCUT2D eigenvalue weighted by atomic mass is 10.1. The molecule has 0 fully saturated rings. The van der Waals surface area contributed by atoms with Gasteiger partial charge in [0.15, 0.2) is 7.14 Å². The molecule has 1 heterocycles. The molecule has 3 nitrogen and oxygen atoms in total. The van der Waals surface area contributed by atoms with E-state index in [9.17, 15) is 4.57 Å². The Morgan fingerprint density at radius 3 is 1.71 bits per heavy atom. The minimum absolute atomic E-state index is 0.394. The molecule has 0 saturated carbocycles. The fraction of sp³-hybridized carbons (Fsp3) is 0.176. The van der Waals surface area contributed by atoms with Crippen molar-refractivity contribution in [2.24, 2.45) is 10.2 Å². The van der Waals surface area contributed by atoms with Crippen LogP contribution in [-0.2, 0) is 4.57 Å². The maximum absolute atomic E-state index is 13.9. The zero-order valence-electron chi connectivity index (χ0n) is 12.1. The lowest BCUT2D eigenvalue weighted by molar-refractivity contribution is 0.590. The Morgan fingerprint density at radius 1 is 0.857 bits per heavy atom. The predicted octanol–water partition coefficient (Wildman–Crippen LogP) is 4.09. The van der Waals surface area contributed by atoms with E-state index in [-0.39, 0.29) is 0 Å². The summed E-state index contributed by atoms with van der Waals surface area (Å²) in [6, 6.07) is 19.1. The Labute approximate surface area is 124 Å². The average Bonchev–Trinajstić information content (AvgIpc) is 2.89. The van der Waals surface area contributed by atoms with Crippen LogP contribution in [0.15, 0.2) is 82.4 Å². The zero-order chi connectivity index (χ0) is 14.9. The van der Waals surface area contributed by atoms with Crippen LogP contribution >= 0.6 is 7.14 Å². The summed E-state index contributed by atoms with van der Waals surface area (Å²) in [6.45, 7) is 3.92. The van der Waals surface area contributed by atoms with E-state index >= 15 is 0 Å². The van der Waals surface area contributed by atoms with Gasteiger partial charge in [-0.15, -0.1) is 0 Å². The van der Waals surface area contributed by atoms with E-state index in [1.165, 1.54) is 0 Å². The lowest BCUT2D eigenvalue weighted by Crippen LogP contribution is -2.17. The molecule has 2 aromatic rings.